The Morgan fingerprint density at radius 3 is 2.71 bits per heavy atom. The standard InChI is InChI=1S/C10H19NO3/c1-4-9(13)14-7-8(12)10(2,3)5-6-11/h4,8,12H,1,5-7,11H2,2-3H3. The summed E-state index contributed by atoms with van der Waals surface area (Å²) in [7, 11) is 0. The minimum atomic E-state index is -0.699. The van der Waals surface area contributed by atoms with Crippen LogP contribution in [0.2, 0.25) is 0 Å². The van der Waals surface area contributed by atoms with Crippen LogP contribution in [0.5, 0.6) is 0 Å². The highest BCUT2D eigenvalue weighted by atomic mass is 16.5. The Hall–Kier alpha value is -0.870. The molecule has 0 radical (unpaired) electrons. The van der Waals surface area contributed by atoms with E-state index in [-0.39, 0.29) is 12.0 Å². The van der Waals surface area contributed by atoms with Crippen molar-refractivity contribution in [2.24, 2.45) is 11.1 Å². The van der Waals surface area contributed by atoms with Crippen LogP contribution < -0.4 is 5.73 Å². The lowest BCUT2D eigenvalue weighted by Gasteiger charge is -2.29. The Kier molecular flexibility index (Phi) is 5.42. The number of hydrogen-bond acceptors (Lipinski definition) is 4. The lowest BCUT2D eigenvalue weighted by Crippen LogP contribution is -2.35. The summed E-state index contributed by atoms with van der Waals surface area (Å²) in [4.78, 5) is 10.7. The first-order valence-electron chi connectivity index (χ1n) is 4.61. The van der Waals surface area contributed by atoms with Crippen LogP contribution in [0.1, 0.15) is 20.3 Å². The molecule has 0 aromatic carbocycles. The van der Waals surface area contributed by atoms with Gasteiger partial charge in [-0.05, 0) is 18.4 Å². The van der Waals surface area contributed by atoms with Gasteiger partial charge >= 0.3 is 5.97 Å². The van der Waals surface area contributed by atoms with E-state index in [4.69, 9.17) is 10.5 Å². The number of aliphatic hydroxyl groups excluding tert-OH is 1. The Morgan fingerprint density at radius 1 is 1.71 bits per heavy atom. The van der Waals surface area contributed by atoms with E-state index in [9.17, 15) is 9.90 Å². The molecule has 14 heavy (non-hydrogen) atoms. The molecule has 0 saturated carbocycles. The molecule has 1 atom stereocenters. The van der Waals surface area contributed by atoms with E-state index in [0.717, 1.165) is 6.08 Å². The van der Waals surface area contributed by atoms with Crippen LogP contribution in [-0.2, 0) is 9.53 Å². The zero-order valence-electron chi connectivity index (χ0n) is 8.82. The van der Waals surface area contributed by atoms with E-state index in [0.29, 0.717) is 13.0 Å². The topological polar surface area (TPSA) is 72.5 Å². The molecule has 0 aliphatic heterocycles. The van der Waals surface area contributed by atoms with Crippen molar-refractivity contribution in [3.05, 3.63) is 12.7 Å². The molecule has 0 aromatic rings. The normalized spacial score (nSPS) is 13.4. The van der Waals surface area contributed by atoms with Crippen molar-refractivity contribution >= 4 is 5.97 Å². The Balaban J connectivity index is 3.99. The van der Waals surface area contributed by atoms with Gasteiger partial charge in [0.05, 0.1) is 6.10 Å². The molecule has 3 N–H and O–H groups in total. The maximum atomic E-state index is 10.7. The first-order chi connectivity index (χ1) is 6.44. The number of ether oxygens (including phenoxy) is 1. The molecule has 0 amide bonds. The number of hydrogen-bond donors (Lipinski definition) is 2. The second-order valence-corrected chi connectivity index (χ2v) is 3.88. The van der Waals surface area contributed by atoms with Crippen molar-refractivity contribution in [3.8, 4) is 0 Å². The lowest BCUT2D eigenvalue weighted by atomic mass is 9.83. The summed E-state index contributed by atoms with van der Waals surface area (Å²) < 4.78 is 4.74. The zero-order chi connectivity index (χ0) is 11.2. The molecule has 4 nitrogen and oxygen atoms in total. The molecular formula is C10H19NO3. The first kappa shape index (κ1) is 13.1. The monoisotopic (exact) mass is 201 g/mol. The van der Waals surface area contributed by atoms with Gasteiger partial charge in [-0.1, -0.05) is 20.4 Å². The number of carbonyl (C=O) groups is 1. The zero-order valence-corrected chi connectivity index (χ0v) is 8.82. The van der Waals surface area contributed by atoms with Gasteiger partial charge in [0.25, 0.3) is 0 Å². The molecule has 0 saturated heterocycles. The number of carbonyl (C=O) groups excluding carboxylic acids is 1. The van der Waals surface area contributed by atoms with E-state index in [1.54, 1.807) is 0 Å². The molecule has 0 spiro atoms. The van der Waals surface area contributed by atoms with Crippen LogP contribution in [-0.4, -0.2) is 30.3 Å². The van der Waals surface area contributed by atoms with E-state index in [1.807, 2.05) is 13.8 Å². The predicted octanol–water partition coefficient (Wildman–Crippen LogP) is 0.451. The Morgan fingerprint density at radius 2 is 2.29 bits per heavy atom. The number of aliphatic hydroxyl groups is 1. The third-order valence-electron chi connectivity index (χ3n) is 2.24. The van der Waals surface area contributed by atoms with Crippen LogP contribution in [0.3, 0.4) is 0 Å². The van der Waals surface area contributed by atoms with Crippen molar-refractivity contribution in [2.75, 3.05) is 13.2 Å². The van der Waals surface area contributed by atoms with Gasteiger partial charge in [-0.2, -0.15) is 0 Å². The van der Waals surface area contributed by atoms with Crippen LogP contribution in [0.4, 0.5) is 0 Å². The molecule has 0 aromatic heterocycles. The number of rotatable bonds is 6. The number of esters is 1. The second kappa shape index (κ2) is 5.78. The van der Waals surface area contributed by atoms with Crippen molar-refractivity contribution in [3.63, 3.8) is 0 Å². The molecular weight excluding hydrogens is 182 g/mol. The van der Waals surface area contributed by atoms with Gasteiger partial charge in [-0.25, -0.2) is 4.79 Å². The first-order valence-corrected chi connectivity index (χ1v) is 4.61. The summed E-state index contributed by atoms with van der Waals surface area (Å²) in [5.74, 6) is -0.521. The number of nitrogens with two attached hydrogens (primary N) is 1. The summed E-state index contributed by atoms with van der Waals surface area (Å²) >= 11 is 0. The highest BCUT2D eigenvalue weighted by molar-refractivity contribution is 5.81. The van der Waals surface area contributed by atoms with Crippen LogP contribution in [0.15, 0.2) is 12.7 Å². The molecule has 0 rings (SSSR count). The van der Waals surface area contributed by atoms with E-state index in [1.165, 1.54) is 0 Å². The molecule has 0 bridgehead atoms. The van der Waals surface area contributed by atoms with Gasteiger partial charge in [0, 0.05) is 6.08 Å². The minimum absolute atomic E-state index is 0.0160. The highest BCUT2D eigenvalue weighted by Crippen LogP contribution is 2.24. The average molecular weight is 201 g/mol. The lowest BCUT2D eigenvalue weighted by molar-refractivity contribution is -0.143. The third-order valence-corrected chi connectivity index (χ3v) is 2.24. The summed E-state index contributed by atoms with van der Waals surface area (Å²) in [6, 6.07) is 0. The fourth-order valence-corrected chi connectivity index (χ4v) is 0.984. The van der Waals surface area contributed by atoms with Gasteiger partial charge in [-0.3, -0.25) is 0 Å². The molecule has 0 fully saturated rings. The van der Waals surface area contributed by atoms with E-state index >= 15 is 0 Å². The Labute approximate surface area is 84.7 Å². The van der Waals surface area contributed by atoms with Gasteiger partial charge in [0.2, 0.25) is 0 Å². The van der Waals surface area contributed by atoms with Gasteiger partial charge in [-0.15, -0.1) is 0 Å². The molecule has 0 aliphatic rings. The maximum absolute atomic E-state index is 10.7. The smallest absolute Gasteiger partial charge is 0.330 e. The SMILES string of the molecule is C=CC(=O)OCC(O)C(C)(C)CCN. The summed E-state index contributed by atoms with van der Waals surface area (Å²) in [6.07, 6.45) is 1.05. The molecule has 0 heterocycles. The molecule has 4 heteroatoms. The van der Waals surface area contributed by atoms with Gasteiger partial charge < -0.3 is 15.6 Å². The van der Waals surface area contributed by atoms with Crippen molar-refractivity contribution in [1.29, 1.82) is 0 Å². The van der Waals surface area contributed by atoms with Crippen LogP contribution >= 0.6 is 0 Å². The van der Waals surface area contributed by atoms with E-state index in [2.05, 4.69) is 6.58 Å². The van der Waals surface area contributed by atoms with Crippen molar-refractivity contribution < 1.29 is 14.6 Å². The van der Waals surface area contributed by atoms with E-state index < -0.39 is 12.1 Å². The maximum Gasteiger partial charge on any atom is 0.330 e. The largest absolute Gasteiger partial charge is 0.460 e. The quantitative estimate of drug-likeness (QED) is 0.483. The third kappa shape index (κ3) is 4.39. The van der Waals surface area contributed by atoms with Crippen LogP contribution in [0.25, 0.3) is 0 Å². The summed E-state index contributed by atoms with van der Waals surface area (Å²) in [6.45, 7) is 7.51. The van der Waals surface area contributed by atoms with Gasteiger partial charge in [0.1, 0.15) is 6.61 Å². The summed E-state index contributed by atoms with van der Waals surface area (Å²) in [5.41, 5.74) is 5.06. The van der Waals surface area contributed by atoms with Gasteiger partial charge in [0.15, 0.2) is 0 Å². The summed E-state index contributed by atoms with van der Waals surface area (Å²) in [5, 5.41) is 9.69. The van der Waals surface area contributed by atoms with Crippen molar-refractivity contribution in [1.82, 2.24) is 0 Å². The Bertz CT molecular complexity index is 202. The van der Waals surface area contributed by atoms with Crippen LogP contribution in [0, 0.1) is 5.41 Å². The molecule has 0 aliphatic carbocycles. The minimum Gasteiger partial charge on any atom is -0.460 e. The second-order valence-electron chi connectivity index (χ2n) is 3.88. The predicted molar refractivity (Wildman–Crippen MR) is 54.6 cm³/mol. The van der Waals surface area contributed by atoms with Crippen molar-refractivity contribution in [2.45, 2.75) is 26.4 Å². The fourth-order valence-electron chi connectivity index (χ4n) is 0.984. The molecule has 82 valence electrons. The fraction of sp³-hybridized carbons (Fsp3) is 0.700. The average Bonchev–Trinajstić information content (AvgIpc) is 2.13. The highest BCUT2D eigenvalue weighted by Gasteiger charge is 2.27. The molecule has 1 unspecified atom stereocenters.